The molecule has 6 heteroatoms. The molecule has 1 amide bonds. The molecule has 0 fully saturated rings. The van der Waals surface area contributed by atoms with Crippen molar-refractivity contribution in [3.63, 3.8) is 0 Å². The van der Waals surface area contributed by atoms with Gasteiger partial charge in [-0.25, -0.2) is 0 Å². The first-order valence-electron chi connectivity index (χ1n) is 6.26. The SMILES string of the molecule is CC(=O)Nc1ccc(S(=O)(=O)Oc2ccc(C)cc2)cc1. The third-order valence-corrected chi connectivity index (χ3v) is 3.95. The zero-order valence-electron chi connectivity index (χ0n) is 11.7. The molecule has 2 aromatic carbocycles. The van der Waals surface area contributed by atoms with Gasteiger partial charge in [-0.15, -0.1) is 0 Å². The number of aryl methyl sites for hydroxylation is 1. The van der Waals surface area contributed by atoms with Gasteiger partial charge < -0.3 is 9.50 Å². The molecule has 2 aromatic rings. The van der Waals surface area contributed by atoms with E-state index in [1.165, 1.54) is 31.2 Å². The Bertz CT molecular complexity index is 734. The minimum Gasteiger partial charge on any atom is -0.379 e. The van der Waals surface area contributed by atoms with E-state index in [1.807, 2.05) is 6.92 Å². The fourth-order valence-electron chi connectivity index (χ4n) is 1.68. The van der Waals surface area contributed by atoms with E-state index >= 15 is 0 Å². The van der Waals surface area contributed by atoms with Crippen molar-refractivity contribution in [2.24, 2.45) is 0 Å². The number of carbonyl (C=O) groups is 1. The largest absolute Gasteiger partial charge is 0.379 e. The van der Waals surface area contributed by atoms with Gasteiger partial charge in [0.15, 0.2) is 0 Å². The predicted molar refractivity (Wildman–Crippen MR) is 79.7 cm³/mol. The van der Waals surface area contributed by atoms with Gasteiger partial charge in [-0.05, 0) is 43.3 Å². The summed E-state index contributed by atoms with van der Waals surface area (Å²) in [4.78, 5) is 10.9. The van der Waals surface area contributed by atoms with Crippen LogP contribution in [0, 0.1) is 6.92 Å². The molecule has 2 rings (SSSR count). The van der Waals surface area contributed by atoms with Crippen LogP contribution < -0.4 is 9.50 Å². The Balaban J connectivity index is 2.19. The molecule has 1 N–H and O–H groups in total. The third-order valence-electron chi connectivity index (χ3n) is 2.69. The minimum absolute atomic E-state index is 0.0252. The Morgan fingerprint density at radius 3 is 2.10 bits per heavy atom. The molecule has 0 saturated carbocycles. The number of nitrogens with one attached hydrogen (secondary N) is 1. The minimum atomic E-state index is -3.88. The van der Waals surface area contributed by atoms with Gasteiger partial charge in [-0.2, -0.15) is 8.42 Å². The predicted octanol–water partition coefficient (Wildman–Crippen LogP) is 2.72. The Kier molecular flexibility index (Phi) is 4.28. The maximum absolute atomic E-state index is 12.1. The van der Waals surface area contributed by atoms with Crippen LogP contribution in [-0.4, -0.2) is 14.3 Å². The van der Waals surface area contributed by atoms with E-state index in [0.29, 0.717) is 5.69 Å². The van der Waals surface area contributed by atoms with Gasteiger partial charge in [0.1, 0.15) is 10.6 Å². The van der Waals surface area contributed by atoms with Crippen LogP contribution >= 0.6 is 0 Å². The van der Waals surface area contributed by atoms with Crippen molar-refractivity contribution in [3.8, 4) is 5.75 Å². The molecule has 0 unspecified atom stereocenters. The van der Waals surface area contributed by atoms with E-state index in [9.17, 15) is 13.2 Å². The Labute approximate surface area is 123 Å². The van der Waals surface area contributed by atoms with Crippen LogP contribution in [0.2, 0.25) is 0 Å². The van der Waals surface area contributed by atoms with Gasteiger partial charge in [-0.3, -0.25) is 4.79 Å². The lowest BCUT2D eigenvalue weighted by Crippen LogP contribution is -2.10. The van der Waals surface area contributed by atoms with Crippen molar-refractivity contribution in [2.45, 2.75) is 18.7 Å². The highest BCUT2D eigenvalue weighted by molar-refractivity contribution is 7.87. The summed E-state index contributed by atoms with van der Waals surface area (Å²) in [6.45, 7) is 3.28. The first-order chi connectivity index (χ1) is 9.87. The molecule has 21 heavy (non-hydrogen) atoms. The molecule has 0 atom stereocenters. The standard InChI is InChI=1S/C15H15NO4S/c1-11-3-7-14(8-4-11)20-21(18,19)15-9-5-13(6-10-15)16-12(2)17/h3-10H,1-2H3,(H,16,17). The number of hydrogen-bond acceptors (Lipinski definition) is 4. The van der Waals surface area contributed by atoms with Crippen LogP contribution in [0.25, 0.3) is 0 Å². The summed E-state index contributed by atoms with van der Waals surface area (Å²) in [5.74, 6) is 0.0352. The van der Waals surface area contributed by atoms with Crippen molar-refractivity contribution < 1.29 is 17.4 Å². The normalized spacial score (nSPS) is 11.0. The first kappa shape index (κ1) is 15.1. The molecule has 0 aliphatic carbocycles. The van der Waals surface area contributed by atoms with Crippen LogP contribution in [0.4, 0.5) is 5.69 Å². The molecule has 0 radical (unpaired) electrons. The molecule has 5 nitrogen and oxygen atoms in total. The Morgan fingerprint density at radius 2 is 1.57 bits per heavy atom. The number of anilines is 1. The molecule has 0 bridgehead atoms. The highest BCUT2D eigenvalue weighted by Gasteiger charge is 2.16. The summed E-state index contributed by atoms with van der Waals surface area (Å²) >= 11 is 0. The molecular formula is C15H15NO4S. The second-order valence-corrected chi connectivity index (χ2v) is 6.10. The summed E-state index contributed by atoms with van der Waals surface area (Å²) in [5, 5.41) is 2.56. The lowest BCUT2D eigenvalue weighted by atomic mass is 10.2. The summed E-state index contributed by atoms with van der Waals surface area (Å²) in [5.41, 5.74) is 1.54. The summed E-state index contributed by atoms with van der Waals surface area (Å²) in [7, 11) is -3.88. The van der Waals surface area contributed by atoms with Gasteiger partial charge >= 0.3 is 10.1 Å². The second-order valence-electron chi connectivity index (χ2n) is 4.56. The van der Waals surface area contributed by atoms with E-state index in [4.69, 9.17) is 4.18 Å². The van der Waals surface area contributed by atoms with Crippen LogP contribution in [0.15, 0.2) is 53.4 Å². The Morgan fingerprint density at radius 1 is 1.00 bits per heavy atom. The van der Waals surface area contributed by atoms with Gasteiger partial charge in [-0.1, -0.05) is 17.7 Å². The van der Waals surface area contributed by atoms with Crippen LogP contribution in [0.5, 0.6) is 5.75 Å². The average molecular weight is 305 g/mol. The van der Waals surface area contributed by atoms with Gasteiger partial charge in [0, 0.05) is 12.6 Å². The maximum Gasteiger partial charge on any atom is 0.339 e. The number of rotatable bonds is 4. The number of hydrogen-bond donors (Lipinski definition) is 1. The lowest BCUT2D eigenvalue weighted by Gasteiger charge is -2.08. The summed E-state index contributed by atoms with van der Waals surface area (Å²) < 4.78 is 29.3. The van der Waals surface area contributed by atoms with Crippen molar-refractivity contribution in [1.82, 2.24) is 0 Å². The summed E-state index contributed by atoms with van der Waals surface area (Å²) in [6, 6.07) is 12.5. The topological polar surface area (TPSA) is 72.5 Å². The van der Waals surface area contributed by atoms with E-state index < -0.39 is 10.1 Å². The van der Waals surface area contributed by atoms with Crippen molar-refractivity contribution >= 4 is 21.7 Å². The molecule has 0 aliphatic heterocycles. The molecule has 0 aromatic heterocycles. The first-order valence-corrected chi connectivity index (χ1v) is 7.66. The van der Waals surface area contributed by atoms with Gasteiger partial charge in [0.2, 0.25) is 5.91 Å². The van der Waals surface area contributed by atoms with Crippen LogP contribution in [-0.2, 0) is 14.9 Å². The van der Waals surface area contributed by atoms with E-state index in [-0.39, 0.29) is 16.6 Å². The number of amides is 1. The lowest BCUT2D eigenvalue weighted by molar-refractivity contribution is -0.114. The van der Waals surface area contributed by atoms with Crippen LogP contribution in [0.1, 0.15) is 12.5 Å². The zero-order valence-corrected chi connectivity index (χ0v) is 12.5. The molecular weight excluding hydrogens is 290 g/mol. The van der Waals surface area contributed by atoms with E-state index in [2.05, 4.69) is 5.32 Å². The monoisotopic (exact) mass is 305 g/mol. The highest BCUT2D eigenvalue weighted by Crippen LogP contribution is 2.20. The molecule has 0 aliphatic rings. The third kappa shape index (κ3) is 4.06. The fourth-order valence-corrected chi connectivity index (χ4v) is 2.61. The van der Waals surface area contributed by atoms with Crippen molar-refractivity contribution in [3.05, 3.63) is 54.1 Å². The second kappa shape index (κ2) is 5.97. The Hall–Kier alpha value is -2.34. The van der Waals surface area contributed by atoms with Gasteiger partial charge in [0.25, 0.3) is 0 Å². The highest BCUT2D eigenvalue weighted by atomic mass is 32.2. The average Bonchev–Trinajstić information content (AvgIpc) is 2.41. The molecule has 110 valence electrons. The zero-order chi connectivity index (χ0) is 15.5. The molecule has 0 spiro atoms. The fraction of sp³-hybridized carbons (Fsp3) is 0.133. The van der Waals surface area contributed by atoms with Crippen molar-refractivity contribution in [2.75, 3.05) is 5.32 Å². The van der Waals surface area contributed by atoms with Crippen LogP contribution in [0.3, 0.4) is 0 Å². The summed E-state index contributed by atoms with van der Waals surface area (Å²) in [6.07, 6.45) is 0. The van der Waals surface area contributed by atoms with E-state index in [1.54, 1.807) is 24.3 Å². The van der Waals surface area contributed by atoms with E-state index in [0.717, 1.165) is 5.56 Å². The quantitative estimate of drug-likeness (QED) is 0.882. The van der Waals surface area contributed by atoms with Gasteiger partial charge in [0.05, 0.1) is 0 Å². The number of benzene rings is 2. The van der Waals surface area contributed by atoms with Crippen molar-refractivity contribution in [1.29, 1.82) is 0 Å². The smallest absolute Gasteiger partial charge is 0.339 e. The number of carbonyl (C=O) groups excluding carboxylic acids is 1. The maximum atomic E-state index is 12.1. The molecule has 0 heterocycles. The molecule has 0 saturated heterocycles.